The summed E-state index contributed by atoms with van der Waals surface area (Å²) in [6.45, 7) is -0.138. The molecule has 0 aliphatic rings. The highest BCUT2D eigenvalue weighted by Gasteiger charge is 2.40. The van der Waals surface area contributed by atoms with Gasteiger partial charge in [0.1, 0.15) is 6.61 Å². The first-order valence-electron chi connectivity index (χ1n) is 7.25. The van der Waals surface area contributed by atoms with Crippen LogP contribution in [0.1, 0.15) is 18.4 Å². The number of benzene rings is 1. The molecular weight excluding hydrogens is 334 g/mol. The second-order valence-electron chi connectivity index (χ2n) is 4.93. The van der Waals surface area contributed by atoms with E-state index in [1.54, 1.807) is 30.3 Å². The lowest BCUT2D eigenvalue weighted by Crippen LogP contribution is -2.48. The summed E-state index contributed by atoms with van der Waals surface area (Å²) in [6, 6.07) is 6.79. The molecule has 1 atom stereocenters. The highest BCUT2D eigenvalue weighted by atomic mass is 16.7. The number of hydrogen-bond acceptors (Lipinski definition) is 6. The molecule has 0 fully saturated rings. The van der Waals surface area contributed by atoms with Crippen LogP contribution < -0.4 is 11.5 Å². The van der Waals surface area contributed by atoms with Gasteiger partial charge in [0, 0.05) is 6.54 Å². The van der Waals surface area contributed by atoms with Gasteiger partial charge in [0.2, 0.25) is 0 Å². The normalized spacial score (nSPS) is 11.2. The summed E-state index contributed by atoms with van der Waals surface area (Å²) in [5, 5.41) is 19.2. The van der Waals surface area contributed by atoms with Gasteiger partial charge in [0.15, 0.2) is 17.0 Å². The molecule has 0 aliphatic heterocycles. The first kappa shape index (κ1) is 19.7. The molecule has 1 amide bonds. The standard InChI is InChI=1S/C14H19N5O6/c15-13(16)17-8-4-7-11(12(20)21)18(19(23)24)14(22)25-9-10-5-2-1-3-6-10/h1-3,5-6,11H,4,7-9H2,(H,20,21)(H4,15,16,17)/t11-/m0/s1. The van der Waals surface area contributed by atoms with E-state index in [2.05, 4.69) is 4.99 Å². The van der Waals surface area contributed by atoms with Crippen LogP contribution in [0.3, 0.4) is 0 Å². The Morgan fingerprint density at radius 2 is 1.96 bits per heavy atom. The Hall–Kier alpha value is -3.37. The largest absolute Gasteiger partial charge is 0.480 e. The maximum atomic E-state index is 12.0. The van der Waals surface area contributed by atoms with E-state index < -0.39 is 23.1 Å². The van der Waals surface area contributed by atoms with E-state index in [1.807, 2.05) is 0 Å². The van der Waals surface area contributed by atoms with Gasteiger partial charge in [-0.2, -0.15) is 0 Å². The van der Waals surface area contributed by atoms with Crippen molar-refractivity contribution in [1.82, 2.24) is 5.01 Å². The Bertz CT molecular complexity index is 632. The molecule has 0 aromatic heterocycles. The first-order chi connectivity index (χ1) is 11.8. The Kier molecular flexibility index (Phi) is 7.63. The Labute approximate surface area is 143 Å². The van der Waals surface area contributed by atoms with Crippen molar-refractivity contribution < 1.29 is 24.5 Å². The molecule has 0 unspecified atom stereocenters. The fourth-order valence-corrected chi connectivity index (χ4v) is 1.94. The fraction of sp³-hybridized carbons (Fsp3) is 0.357. The number of nitro groups is 1. The van der Waals surface area contributed by atoms with Gasteiger partial charge in [-0.15, -0.1) is 0 Å². The second-order valence-corrected chi connectivity index (χ2v) is 4.93. The molecule has 1 aromatic carbocycles. The van der Waals surface area contributed by atoms with Gasteiger partial charge < -0.3 is 21.3 Å². The molecule has 0 aliphatic carbocycles. The number of aliphatic carboxylic acids is 1. The molecule has 136 valence electrons. The highest BCUT2D eigenvalue weighted by Crippen LogP contribution is 2.12. The Balaban J connectivity index is 2.75. The van der Waals surface area contributed by atoms with Crippen molar-refractivity contribution in [2.75, 3.05) is 6.54 Å². The minimum atomic E-state index is -1.70. The maximum Gasteiger partial charge on any atom is 0.469 e. The van der Waals surface area contributed by atoms with E-state index >= 15 is 0 Å². The highest BCUT2D eigenvalue weighted by molar-refractivity contribution is 5.79. The predicted octanol–water partition coefficient (Wildman–Crippen LogP) is 0.324. The summed E-state index contributed by atoms with van der Waals surface area (Å²) >= 11 is 0. The van der Waals surface area contributed by atoms with Crippen LogP contribution in [-0.2, 0) is 16.1 Å². The SMILES string of the molecule is NC(N)=NCCC[C@@H](C(=O)O)N(C(=O)OCc1ccccc1)[N+](=O)[O-]. The summed E-state index contributed by atoms with van der Waals surface area (Å²) in [7, 11) is 0. The third kappa shape index (κ3) is 6.72. The number of ether oxygens (including phenoxy) is 1. The molecule has 5 N–H and O–H groups in total. The van der Waals surface area contributed by atoms with Crippen LogP contribution in [0.2, 0.25) is 0 Å². The smallest absolute Gasteiger partial charge is 0.469 e. The number of rotatable bonds is 9. The third-order valence-corrected chi connectivity index (χ3v) is 3.08. The third-order valence-electron chi connectivity index (χ3n) is 3.08. The lowest BCUT2D eigenvalue weighted by molar-refractivity contribution is -0.641. The van der Waals surface area contributed by atoms with Gasteiger partial charge >= 0.3 is 12.1 Å². The number of guanidine groups is 1. The van der Waals surface area contributed by atoms with Crippen LogP contribution in [0.5, 0.6) is 0 Å². The average Bonchev–Trinajstić information content (AvgIpc) is 2.55. The number of carboxylic acid groups (broad SMARTS) is 1. The van der Waals surface area contributed by atoms with Crippen LogP contribution in [0.25, 0.3) is 0 Å². The zero-order valence-electron chi connectivity index (χ0n) is 13.3. The number of hydrogen-bond donors (Lipinski definition) is 3. The average molecular weight is 353 g/mol. The number of hydrazine groups is 1. The predicted molar refractivity (Wildman–Crippen MR) is 86.8 cm³/mol. The lowest BCUT2D eigenvalue weighted by Gasteiger charge is -2.19. The summed E-state index contributed by atoms with van der Waals surface area (Å²) in [6.07, 6.45) is -1.44. The van der Waals surface area contributed by atoms with Crippen LogP contribution in [-0.4, -0.2) is 45.8 Å². The number of aliphatic imine (C=N–C) groups is 1. The van der Waals surface area contributed by atoms with Crippen molar-refractivity contribution in [2.45, 2.75) is 25.5 Å². The minimum Gasteiger partial charge on any atom is -0.480 e. The number of nitrogens with zero attached hydrogens (tertiary/aromatic N) is 3. The van der Waals surface area contributed by atoms with Crippen molar-refractivity contribution >= 4 is 18.0 Å². The zero-order valence-corrected chi connectivity index (χ0v) is 13.3. The Morgan fingerprint density at radius 3 is 2.48 bits per heavy atom. The van der Waals surface area contributed by atoms with E-state index in [9.17, 15) is 24.8 Å². The number of carboxylic acids is 1. The summed E-state index contributed by atoms with van der Waals surface area (Å²) in [5.74, 6) is -1.71. The number of carbonyl (C=O) groups is 2. The van der Waals surface area contributed by atoms with Crippen LogP contribution in [0.4, 0.5) is 4.79 Å². The van der Waals surface area contributed by atoms with Crippen LogP contribution >= 0.6 is 0 Å². The first-order valence-corrected chi connectivity index (χ1v) is 7.25. The van der Waals surface area contributed by atoms with E-state index in [-0.39, 0.29) is 37.0 Å². The lowest BCUT2D eigenvalue weighted by atomic mass is 10.1. The second kappa shape index (κ2) is 9.70. The van der Waals surface area contributed by atoms with Gasteiger partial charge in [0.05, 0.1) is 0 Å². The topological polar surface area (TPSA) is 174 Å². The molecule has 0 saturated carbocycles. The van der Waals surface area contributed by atoms with E-state index in [0.29, 0.717) is 5.56 Å². The van der Waals surface area contributed by atoms with Crippen LogP contribution in [0, 0.1) is 10.1 Å². The molecule has 1 rings (SSSR count). The summed E-state index contributed by atoms with van der Waals surface area (Å²) < 4.78 is 4.84. The summed E-state index contributed by atoms with van der Waals surface area (Å²) in [4.78, 5) is 38.1. The molecule has 0 spiro atoms. The van der Waals surface area contributed by atoms with Crippen molar-refractivity contribution in [2.24, 2.45) is 16.5 Å². The molecule has 11 heteroatoms. The molecule has 0 heterocycles. The van der Waals surface area contributed by atoms with Gasteiger partial charge in [-0.25, -0.2) is 19.7 Å². The molecule has 0 bridgehead atoms. The minimum absolute atomic E-state index is 0.0409. The quantitative estimate of drug-likeness (QED) is 0.187. The Morgan fingerprint density at radius 1 is 1.32 bits per heavy atom. The number of carbonyl (C=O) groups excluding carboxylic acids is 1. The van der Waals surface area contributed by atoms with E-state index in [4.69, 9.17) is 16.2 Å². The van der Waals surface area contributed by atoms with Gasteiger partial charge in [-0.05, 0) is 23.4 Å². The van der Waals surface area contributed by atoms with Crippen molar-refractivity contribution in [3.8, 4) is 0 Å². The number of amides is 1. The van der Waals surface area contributed by atoms with E-state index in [1.165, 1.54) is 0 Å². The van der Waals surface area contributed by atoms with Gasteiger partial charge in [-0.1, -0.05) is 30.3 Å². The molecule has 11 nitrogen and oxygen atoms in total. The van der Waals surface area contributed by atoms with Gasteiger partial charge in [0.25, 0.3) is 0 Å². The van der Waals surface area contributed by atoms with Crippen molar-refractivity contribution in [1.29, 1.82) is 0 Å². The molecule has 0 radical (unpaired) electrons. The van der Waals surface area contributed by atoms with E-state index in [0.717, 1.165) is 0 Å². The molecule has 1 aromatic rings. The molecule has 25 heavy (non-hydrogen) atoms. The fourth-order valence-electron chi connectivity index (χ4n) is 1.94. The monoisotopic (exact) mass is 353 g/mol. The van der Waals surface area contributed by atoms with Gasteiger partial charge in [-0.3, -0.25) is 4.99 Å². The summed E-state index contributed by atoms with van der Waals surface area (Å²) in [5.41, 5.74) is 10.9. The molecular formula is C14H19N5O6. The number of nitrogens with two attached hydrogens (primary N) is 2. The van der Waals surface area contributed by atoms with Crippen molar-refractivity contribution in [3.05, 3.63) is 46.0 Å². The maximum absolute atomic E-state index is 12.0. The van der Waals surface area contributed by atoms with Crippen LogP contribution in [0.15, 0.2) is 35.3 Å². The zero-order chi connectivity index (χ0) is 18.8. The van der Waals surface area contributed by atoms with Crippen molar-refractivity contribution in [3.63, 3.8) is 0 Å². The molecule has 0 saturated heterocycles.